The maximum Gasteiger partial charge on any atom is 0.240 e. The summed E-state index contributed by atoms with van der Waals surface area (Å²) in [5.41, 5.74) is 0. The van der Waals surface area contributed by atoms with E-state index in [0.717, 1.165) is 19.4 Å². The van der Waals surface area contributed by atoms with E-state index in [0.29, 0.717) is 19.8 Å². The Balaban J connectivity index is 1.96. The predicted molar refractivity (Wildman–Crippen MR) is 54.4 cm³/mol. The second-order valence-electron chi connectivity index (χ2n) is 4.09. The maximum absolute atomic E-state index is 12.1. The summed E-state index contributed by atoms with van der Waals surface area (Å²) >= 11 is 0. The molecule has 2 N–H and O–H groups in total. The van der Waals surface area contributed by atoms with Crippen LogP contribution in [0.25, 0.3) is 0 Å². The van der Waals surface area contributed by atoms with Gasteiger partial charge in [-0.25, -0.2) is 0 Å². The van der Waals surface area contributed by atoms with Crippen LogP contribution in [0.15, 0.2) is 0 Å². The molecular formula is C10H18N2O3. The Morgan fingerprint density at radius 3 is 3.13 bits per heavy atom. The molecule has 1 amide bonds. The van der Waals surface area contributed by atoms with Crippen LogP contribution in [-0.4, -0.2) is 60.9 Å². The molecule has 2 atom stereocenters. The molecule has 2 aliphatic heterocycles. The fraction of sp³-hybridized carbons (Fsp3) is 0.900. The SMILES string of the molecule is O=C([C@H]1CCCN1)N1CCOCC1CO. The van der Waals surface area contributed by atoms with Crippen LogP contribution in [0, 0.1) is 0 Å². The first-order valence-electron chi connectivity index (χ1n) is 5.55. The number of hydrogen-bond acceptors (Lipinski definition) is 4. The van der Waals surface area contributed by atoms with Crippen molar-refractivity contribution in [1.82, 2.24) is 10.2 Å². The highest BCUT2D eigenvalue weighted by Gasteiger charge is 2.32. The second kappa shape index (κ2) is 4.92. The fourth-order valence-corrected chi connectivity index (χ4v) is 2.19. The number of carbonyl (C=O) groups is 1. The van der Waals surface area contributed by atoms with Crippen LogP contribution in [0.3, 0.4) is 0 Å². The van der Waals surface area contributed by atoms with Gasteiger partial charge in [-0.3, -0.25) is 4.79 Å². The molecule has 0 saturated carbocycles. The largest absolute Gasteiger partial charge is 0.394 e. The van der Waals surface area contributed by atoms with Crippen LogP contribution < -0.4 is 5.32 Å². The number of nitrogens with zero attached hydrogens (tertiary/aromatic N) is 1. The van der Waals surface area contributed by atoms with Gasteiger partial charge in [-0.1, -0.05) is 0 Å². The molecule has 2 heterocycles. The standard InChI is InChI=1S/C10H18N2O3/c13-6-8-7-15-5-4-12(8)10(14)9-2-1-3-11-9/h8-9,11,13H,1-7H2/t8?,9-/m1/s1. The van der Waals surface area contributed by atoms with E-state index in [2.05, 4.69) is 5.32 Å². The lowest BCUT2D eigenvalue weighted by Gasteiger charge is -2.36. The van der Waals surface area contributed by atoms with Crippen LogP contribution >= 0.6 is 0 Å². The molecule has 2 saturated heterocycles. The minimum atomic E-state index is -0.159. The zero-order valence-corrected chi connectivity index (χ0v) is 8.82. The molecule has 0 aromatic heterocycles. The van der Waals surface area contributed by atoms with E-state index in [1.165, 1.54) is 0 Å². The molecular weight excluding hydrogens is 196 g/mol. The number of hydrogen-bond donors (Lipinski definition) is 2. The third-order valence-electron chi connectivity index (χ3n) is 3.08. The Morgan fingerprint density at radius 1 is 1.60 bits per heavy atom. The van der Waals surface area contributed by atoms with E-state index >= 15 is 0 Å². The Labute approximate surface area is 89.4 Å². The van der Waals surface area contributed by atoms with E-state index in [9.17, 15) is 4.79 Å². The van der Waals surface area contributed by atoms with Crippen molar-refractivity contribution in [2.75, 3.05) is 32.9 Å². The van der Waals surface area contributed by atoms with Crippen molar-refractivity contribution in [2.45, 2.75) is 24.9 Å². The predicted octanol–water partition coefficient (Wildman–Crippen LogP) is -1.04. The van der Waals surface area contributed by atoms with Gasteiger partial charge in [0.2, 0.25) is 5.91 Å². The number of morpholine rings is 1. The van der Waals surface area contributed by atoms with E-state index in [4.69, 9.17) is 9.84 Å². The van der Waals surface area contributed by atoms with Gasteiger partial charge in [0.1, 0.15) is 0 Å². The summed E-state index contributed by atoms with van der Waals surface area (Å²) < 4.78 is 5.24. The number of aliphatic hydroxyl groups excluding tert-OH is 1. The van der Waals surface area contributed by atoms with Crippen LogP contribution in [0.1, 0.15) is 12.8 Å². The smallest absolute Gasteiger partial charge is 0.240 e. The summed E-state index contributed by atoms with van der Waals surface area (Å²) in [6, 6.07) is -0.203. The lowest BCUT2D eigenvalue weighted by Crippen LogP contribution is -2.55. The molecule has 5 heteroatoms. The zero-order valence-electron chi connectivity index (χ0n) is 8.82. The Bertz CT molecular complexity index is 229. The quantitative estimate of drug-likeness (QED) is 0.616. The van der Waals surface area contributed by atoms with Crippen LogP contribution in [0.5, 0.6) is 0 Å². The fourth-order valence-electron chi connectivity index (χ4n) is 2.19. The van der Waals surface area contributed by atoms with Crippen molar-refractivity contribution < 1.29 is 14.6 Å². The summed E-state index contributed by atoms with van der Waals surface area (Å²) in [5, 5.41) is 12.3. The molecule has 0 aliphatic carbocycles. The highest BCUT2D eigenvalue weighted by atomic mass is 16.5. The summed E-state index contributed by atoms with van der Waals surface area (Å²) in [7, 11) is 0. The van der Waals surface area contributed by atoms with Crippen LogP contribution in [0.4, 0.5) is 0 Å². The van der Waals surface area contributed by atoms with E-state index in [1.807, 2.05) is 0 Å². The zero-order chi connectivity index (χ0) is 10.7. The molecule has 5 nitrogen and oxygen atoms in total. The van der Waals surface area contributed by atoms with Crippen molar-refractivity contribution in [3.63, 3.8) is 0 Å². The van der Waals surface area contributed by atoms with E-state index in [1.54, 1.807) is 4.90 Å². The number of carbonyl (C=O) groups excluding carboxylic acids is 1. The number of aliphatic hydroxyl groups is 1. The third-order valence-corrected chi connectivity index (χ3v) is 3.08. The van der Waals surface area contributed by atoms with E-state index in [-0.39, 0.29) is 24.6 Å². The van der Waals surface area contributed by atoms with Gasteiger partial charge in [-0.05, 0) is 19.4 Å². The first-order valence-corrected chi connectivity index (χ1v) is 5.55. The first-order chi connectivity index (χ1) is 7.33. The number of ether oxygens (including phenoxy) is 1. The highest BCUT2D eigenvalue weighted by Crippen LogP contribution is 2.13. The van der Waals surface area contributed by atoms with Gasteiger partial charge in [-0.15, -0.1) is 0 Å². The molecule has 86 valence electrons. The summed E-state index contributed by atoms with van der Waals surface area (Å²) in [6.45, 7) is 2.54. The number of rotatable bonds is 2. The summed E-state index contributed by atoms with van der Waals surface area (Å²) in [4.78, 5) is 13.8. The van der Waals surface area contributed by atoms with Gasteiger partial charge in [-0.2, -0.15) is 0 Å². The van der Waals surface area contributed by atoms with Crippen LogP contribution in [0.2, 0.25) is 0 Å². The van der Waals surface area contributed by atoms with Crippen molar-refractivity contribution in [2.24, 2.45) is 0 Å². The average molecular weight is 214 g/mol. The van der Waals surface area contributed by atoms with Crippen molar-refractivity contribution in [3.8, 4) is 0 Å². The van der Waals surface area contributed by atoms with Crippen molar-refractivity contribution >= 4 is 5.91 Å². The highest BCUT2D eigenvalue weighted by molar-refractivity contribution is 5.82. The lowest BCUT2D eigenvalue weighted by molar-refractivity contribution is -0.143. The summed E-state index contributed by atoms with van der Waals surface area (Å²) in [5.74, 6) is 0.120. The van der Waals surface area contributed by atoms with Gasteiger partial charge in [0.05, 0.1) is 31.9 Å². The second-order valence-corrected chi connectivity index (χ2v) is 4.09. The molecule has 2 fully saturated rings. The minimum absolute atomic E-state index is 0.0154. The monoisotopic (exact) mass is 214 g/mol. The number of amides is 1. The van der Waals surface area contributed by atoms with Gasteiger partial charge in [0, 0.05) is 6.54 Å². The number of nitrogens with one attached hydrogen (secondary N) is 1. The maximum atomic E-state index is 12.1. The Hall–Kier alpha value is -0.650. The van der Waals surface area contributed by atoms with Gasteiger partial charge in [0.15, 0.2) is 0 Å². The molecule has 0 spiro atoms. The molecule has 15 heavy (non-hydrogen) atoms. The molecule has 0 bridgehead atoms. The van der Waals surface area contributed by atoms with Gasteiger partial charge >= 0.3 is 0 Å². The lowest BCUT2D eigenvalue weighted by atomic mass is 10.1. The average Bonchev–Trinajstić information content (AvgIpc) is 2.81. The van der Waals surface area contributed by atoms with Gasteiger partial charge < -0.3 is 20.1 Å². The normalized spacial score (nSPS) is 31.9. The van der Waals surface area contributed by atoms with Crippen molar-refractivity contribution in [3.05, 3.63) is 0 Å². The van der Waals surface area contributed by atoms with Crippen molar-refractivity contribution in [1.29, 1.82) is 0 Å². The first kappa shape index (κ1) is 10.9. The molecule has 2 aliphatic rings. The van der Waals surface area contributed by atoms with Gasteiger partial charge in [0.25, 0.3) is 0 Å². The molecule has 0 aromatic rings. The Kier molecular flexibility index (Phi) is 3.56. The Morgan fingerprint density at radius 2 is 2.47 bits per heavy atom. The topological polar surface area (TPSA) is 61.8 Å². The minimum Gasteiger partial charge on any atom is -0.394 e. The molecule has 1 unspecified atom stereocenters. The van der Waals surface area contributed by atoms with E-state index < -0.39 is 0 Å². The molecule has 0 aromatic carbocycles. The van der Waals surface area contributed by atoms with Crippen LogP contribution in [-0.2, 0) is 9.53 Å². The molecule has 2 rings (SSSR count). The molecule has 0 radical (unpaired) electrons. The third kappa shape index (κ3) is 2.30. The summed E-state index contributed by atoms with van der Waals surface area (Å²) in [6.07, 6.45) is 1.97.